The molecule has 0 saturated heterocycles. The third kappa shape index (κ3) is 4.69. The Morgan fingerprint density at radius 2 is 1.77 bits per heavy atom. The minimum atomic E-state index is -0.399. The molecule has 31 heavy (non-hydrogen) atoms. The molecule has 4 aromatic rings. The number of aromatic amines is 1. The van der Waals surface area contributed by atoms with Gasteiger partial charge in [-0.05, 0) is 11.5 Å². The van der Waals surface area contributed by atoms with E-state index in [2.05, 4.69) is 35.8 Å². The van der Waals surface area contributed by atoms with Crippen molar-refractivity contribution in [3.63, 3.8) is 0 Å². The second-order valence-electron chi connectivity index (χ2n) is 8.02. The van der Waals surface area contributed by atoms with Crippen LogP contribution in [0, 0.1) is 0 Å². The Bertz CT molecular complexity index is 1290. The summed E-state index contributed by atoms with van der Waals surface area (Å²) in [6.07, 6.45) is 0. The quantitative estimate of drug-likeness (QED) is 0.289. The van der Waals surface area contributed by atoms with E-state index in [4.69, 9.17) is 4.74 Å². The van der Waals surface area contributed by atoms with E-state index in [0.29, 0.717) is 22.4 Å². The van der Waals surface area contributed by atoms with E-state index >= 15 is 0 Å². The maximum atomic E-state index is 12.6. The highest BCUT2D eigenvalue weighted by Gasteiger charge is 2.20. The van der Waals surface area contributed by atoms with E-state index in [0.717, 1.165) is 11.1 Å². The summed E-state index contributed by atoms with van der Waals surface area (Å²) in [6, 6.07) is 18.4. The molecule has 0 fully saturated rings. The van der Waals surface area contributed by atoms with E-state index in [9.17, 15) is 9.59 Å². The van der Waals surface area contributed by atoms with Gasteiger partial charge in [-0.2, -0.15) is 0 Å². The maximum absolute atomic E-state index is 12.6. The first-order chi connectivity index (χ1) is 14.8. The number of benzene rings is 2. The average Bonchev–Trinajstić information content (AvgIpc) is 3.12. The highest BCUT2D eigenvalue weighted by Crippen LogP contribution is 2.31. The van der Waals surface area contributed by atoms with Gasteiger partial charge >= 0.3 is 5.97 Å². The summed E-state index contributed by atoms with van der Waals surface area (Å²) < 4.78 is 7.12. The molecule has 0 bridgehead atoms. The summed E-state index contributed by atoms with van der Waals surface area (Å²) >= 11 is 1.18. The van der Waals surface area contributed by atoms with Gasteiger partial charge in [-0.25, -0.2) is 14.5 Å². The van der Waals surface area contributed by atoms with Gasteiger partial charge in [0, 0.05) is 17.2 Å². The molecule has 0 aliphatic heterocycles. The molecule has 0 aliphatic rings. The van der Waals surface area contributed by atoms with Crippen molar-refractivity contribution in [2.24, 2.45) is 0 Å². The molecule has 0 radical (unpaired) electrons. The smallest absolute Gasteiger partial charge is 0.321 e. The normalized spacial score (nSPS) is 11.6. The summed E-state index contributed by atoms with van der Waals surface area (Å²) in [4.78, 5) is 33.5. The number of nitrogens with one attached hydrogen (secondary N) is 1. The zero-order valence-corrected chi connectivity index (χ0v) is 18.3. The fourth-order valence-electron chi connectivity index (χ4n) is 3.15. The number of ether oxygens (including phenoxy) is 1. The number of carbonyl (C=O) groups is 1. The molecule has 8 heteroatoms. The lowest BCUT2D eigenvalue weighted by Gasteiger charge is -2.21. The fraction of sp³-hybridized carbons (Fsp3) is 0.217. The molecule has 0 unspecified atom stereocenters. The van der Waals surface area contributed by atoms with Crippen LogP contribution in [-0.4, -0.2) is 31.3 Å². The highest BCUT2D eigenvalue weighted by molar-refractivity contribution is 7.99. The number of hydrogen-bond acceptors (Lipinski definition) is 6. The predicted octanol–water partition coefficient (Wildman–Crippen LogP) is 4.08. The van der Waals surface area contributed by atoms with Gasteiger partial charge in [-0.1, -0.05) is 81.1 Å². The van der Waals surface area contributed by atoms with Crippen molar-refractivity contribution in [3.8, 4) is 17.1 Å². The van der Waals surface area contributed by atoms with E-state index in [1.165, 1.54) is 22.3 Å². The van der Waals surface area contributed by atoms with Crippen molar-refractivity contribution >= 4 is 23.4 Å². The topological polar surface area (TPSA) is 89.3 Å². The van der Waals surface area contributed by atoms with Crippen LogP contribution in [0.2, 0.25) is 0 Å². The predicted molar refractivity (Wildman–Crippen MR) is 121 cm³/mol. The third-order valence-electron chi connectivity index (χ3n) is 4.59. The zero-order valence-electron chi connectivity index (χ0n) is 17.5. The van der Waals surface area contributed by atoms with Crippen LogP contribution in [0.25, 0.3) is 17.0 Å². The minimum Gasteiger partial charge on any atom is -0.426 e. The average molecular weight is 435 g/mol. The molecule has 158 valence electrons. The van der Waals surface area contributed by atoms with Gasteiger partial charge in [0.15, 0.2) is 16.6 Å². The van der Waals surface area contributed by atoms with Crippen molar-refractivity contribution in [2.45, 2.75) is 31.3 Å². The number of aromatic nitrogens is 4. The van der Waals surface area contributed by atoms with Crippen LogP contribution < -0.4 is 10.3 Å². The van der Waals surface area contributed by atoms with Crippen LogP contribution in [0.4, 0.5) is 0 Å². The number of rotatable bonds is 5. The fourth-order valence-corrected chi connectivity index (χ4v) is 3.87. The second kappa shape index (κ2) is 8.39. The number of thioether (sulfide) groups is 1. The minimum absolute atomic E-state index is 0.0268. The van der Waals surface area contributed by atoms with E-state index in [-0.39, 0.29) is 16.7 Å². The molecule has 2 aromatic carbocycles. The second-order valence-corrected chi connectivity index (χ2v) is 8.96. The number of fused-ring (bicyclic) bond motifs is 1. The van der Waals surface area contributed by atoms with Gasteiger partial charge in [0.2, 0.25) is 0 Å². The lowest BCUT2D eigenvalue weighted by Crippen LogP contribution is -2.17. The Balaban J connectivity index is 1.58. The van der Waals surface area contributed by atoms with E-state index < -0.39 is 5.97 Å². The highest BCUT2D eigenvalue weighted by atomic mass is 32.2. The van der Waals surface area contributed by atoms with Gasteiger partial charge in [-0.3, -0.25) is 14.7 Å². The van der Waals surface area contributed by atoms with E-state index in [1.54, 1.807) is 6.07 Å². The monoisotopic (exact) mass is 434 g/mol. The van der Waals surface area contributed by atoms with Crippen molar-refractivity contribution in [3.05, 3.63) is 76.6 Å². The van der Waals surface area contributed by atoms with Gasteiger partial charge in [0.05, 0.1) is 5.75 Å². The van der Waals surface area contributed by atoms with Crippen LogP contribution in [0.1, 0.15) is 26.3 Å². The lowest BCUT2D eigenvalue weighted by molar-refractivity contribution is -0.131. The van der Waals surface area contributed by atoms with Crippen LogP contribution in [0.3, 0.4) is 0 Å². The SMILES string of the molecule is CC(C)(C)c1ccccc1OC(=O)CSc1nc(-c2ccccc2)nc2cc(=O)[nH]n12. The Kier molecular flexibility index (Phi) is 5.65. The Labute approximate surface area is 183 Å². The molecule has 0 saturated carbocycles. The first-order valence-corrected chi connectivity index (χ1v) is 10.8. The number of carbonyl (C=O) groups excluding carboxylic acids is 1. The van der Waals surface area contributed by atoms with Gasteiger partial charge in [0.25, 0.3) is 5.56 Å². The van der Waals surface area contributed by atoms with Crippen LogP contribution >= 0.6 is 11.8 Å². The van der Waals surface area contributed by atoms with Gasteiger partial charge < -0.3 is 4.74 Å². The summed E-state index contributed by atoms with van der Waals surface area (Å²) in [7, 11) is 0. The number of hydrogen-bond donors (Lipinski definition) is 1. The molecule has 0 atom stereocenters. The number of H-pyrrole nitrogens is 1. The zero-order chi connectivity index (χ0) is 22.0. The summed E-state index contributed by atoms with van der Waals surface area (Å²) in [5.74, 6) is 0.657. The van der Waals surface area contributed by atoms with Crippen molar-refractivity contribution in [1.29, 1.82) is 0 Å². The molecule has 0 amide bonds. The Hall–Kier alpha value is -3.39. The molecule has 2 heterocycles. The Morgan fingerprint density at radius 1 is 1.06 bits per heavy atom. The van der Waals surface area contributed by atoms with Crippen LogP contribution in [0.15, 0.2) is 70.6 Å². The van der Waals surface area contributed by atoms with Gasteiger partial charge in [0.1, 0.15) is 5.75 Å². The molecule has 1 N–H and O–H groups in total. The summed E-state index contributed by atoms with van der Waals surface area (Å²) in [5.41, 5.74) is 1.77. The molecular weight excluding hydrogens is 412 g/mol. The van der Waals surface area contributed by atoms with E-state index in [1.807, 2.05) is 48.5 Å². The van der Waals surface area contributed by atoms with Gasteiger partial charge in [-0.15, -0.1) is 0 Å². The molecule has 0 spiro atoms. The first-order valence-electron chi connectivity index (χ1n) is 9.79. The number of para-hydroxylation sites is 1. The van der Waals surface area contributed by atoms with Crippen molar-refractivity contribution < 1.29 is 9.53 Å². The van der Waals surface area contributed by atoms with Crippen LogP contribution in [0.5, 0.6) is 5.75 Å². The third-order valence-corrected chi connectivity index (χ3v) is 5.51. The maximum Gasteiger partial charge on any atom is 0.321 e. The number of nitrogens with zero attached hydrogens (tertiary/aromatic N) is 3. The lowest BCUT2D eigenvalue weighted by atomic mass is 9.86. The molecular formula is C23H22N4O3S. The van der Waals surface area contributed by atoms with Crippen molar-refractivity contribution in [2.75, 3.05) is 5.75 Å². The molecule has 0 aliphatic carbocycles. The molecule has 2 aromatic heterocycles. The molecule has 7 nitrogen and oxygen atoms in total. The standard InChI is InChI=1S/C23H22N4O3S/c1-23(2,3)16-11-7-8-12-17(16)30-20(29)14-31-22-25-21(15-9-5-4-6-10-15)24-18-13-19(28)26-27(18)22/h4-13H,14H2,1-3H3,(H,26,28). The largest absolute Gasteiger partial charge is 0.426 e. The summed E-state index contributed by atoms with van der Waals surface area (Å²) in [5, 5.41) is 3.12. The van der Waals surface area contributed by atoms with Crippen molar-refractivity contribution in [1.82, 2.24) is 19.6 Å². The Morgan fingerprint density at radius 3 is 2.52 bits per heavy atom. The first kappa shape index (κ1) is 20.9. The summed E-state index contributed by atoms with van der Waals surface area (Å²) in [6.45, 7) is 6.21. The van der Waals surface area contributed by atoms with Crippen LogP contribution in [-0.2, 0) is 10.2 Å². The number of esters is 1. The molecule has 4 rings (SSSR count).